The minimum absolute atomic E-state index is 0.163. The molecule has 1 aliphatic rings. The molecule has 6 rings (SSSR count). The van der Waals surface area contributed by atoms with Crippen LogP contribution >= 0.6 is 27.3 Å². The van der Waals surface area contributed by atoms with E-state index in [2.05, 4.69) is 15.9 Å². The van der Waals surface area contributed by atoms with Crippen molar-refractivity contribution in [3.8, 4) is 17.2 Å². The quantitative estimate of drug-likeness (QED) is 0.158. The zero-order valence-electron chi connectivity index (χ0n) is 25.9. The fourth-order valence-electron chi connectivity index (χ4n) is 5.34. The van der Waals surface area contributed by atoms with Gasteiger partial charge in [-0.3, -0.25) is 9.36 Å². The third kappa shape index (κ3) is 6.79. The van der Waals surface area contributed by atoms with Gasteiger partial charge in [-0.1, -0.05) is 87.9 Å². The van der Waals surface area contributed by atoms with Gasteiger partial charge >= 0.3 is 5.97 Å². The van der Waals surface area contributed by atoms with Crippen LogP contribution in [0.25, 0.3) is 11.8 Å². The third-order valence-corrected chi connectivity index (χ3v) is 9.11. The van der Waals surface area contributed by atoms with E-state index in [0.717, 1.165) is 21.2 Å². The number of carbonyl (C=O) groups is 1. The van der Waals surface area contributed by atoms with Gasteiger partial charge in [0.05, 0.1) is 42.7 Å². The maximum absolute atomic E-state index is 14.2. The Bertz CT molecular complexity index is 2120. The van der Waals surface area contributed by atoms with Crippen molar-refractivity contribution in [2.45, 2.75) is 19.6 Å². The van der Waals surface area contributed by atoms with Gasteiger partial charge in [-0.05, 0) is 66.1 Å². The van der Waals surface area contributed by atoms with Gasteiger partial charge in [-0.2, -0.15) is 0 Å². The second-order valence-corrected chi connectivity index (χ2v) is 12.5. The zero-order valence-corrected chi connectivity index (χ0v) is 28.3. The lowest BCUT2D eigenvalue weighted by Gasteiger charge is -2.26. The topological polar surface area (TPSA) is 88.4 Å². The highest BCUT2D eigenvalue weighted by atomic mass is 79.9. The standard InChI is InChI=1S/C37H31BrN2O6S/c1-4-45-36(42)32-33(25-8-6-5-7-9-25)39-37-40(34(32)26-14-19-29(43-2)30(21-26)44-3)35(41)31(47-37)20-23-12-17-28(18-13-23)46-22-24-10-15-27(38)16-11-24/h5-21,34H,4,22H2,1-3H3/b31-20-/t34-/m1/s1. The van der Waals surface area contributed by atoms with Crippen LogP contribution in [-0.2, 0) is 16.1 Å². The van der Waals surface area contributed by atoms with E-state index in [0.29, 0.717) is 44.4 Å². The summed E-state index contributed by atoms with van der Waals surface area (Å²) in [5.74, 6) is 1.16. The van der Waals surface area contributed by atoms with Crippen LogP contribution in [0.3, 0.4) is 0 Å². The predicted molar refractivity (Wildman–Crippen MR) is 186 cm³/mol. The van der Waals surface area contributed by atoms with Crippen molar-refractivity contribution >= 4 is 45.0 Å². The number of hydrogen-bond donors (Lipinski definition) is 0. The summed E-state index contributed by atoms with van der Waals surface area (Å²) in [6.45, 7) is 2.35. The summed E-state index contributed by atoms with van der Waals surface area (Å²) < 4.78 is 25.6. The number of fused-ring (bicyclic) bond motifs is 1. The van der Waals surface area contributed by atoms with Gasteiger partial charge in [0.1, 0.15) is 12.4 Å². The molecule has 0 aliphatic carbocycles. The minimum atomic E-state index is -0.836. The summed E-state index contributed by atoms with van der Waals surface area (Å²) in [5, 5.41) is 0. The molecule has 4 aromatic carbocycles. The molecule has 0 radical (unpaired) electrons. The van der Waals surface area contributed by atoms with E-state index in [1.807, 2.05) is 91.0 Å². The molecule has 0 bridgehead atoms. The molecule has 0 fully saturated rings. The molecule has 238 valence electrons. The number of rotatable bonds is 10. The molecular formula is C37H31BrN2O6S. The Hall–Kier alpha value is -4.93. The molecule has 1 aliphatic heterocycles. The highest BCUT2D eigenvalue weighted by Crippen LogP contribution is 2.38. The van der Waals surface area contributed by atoms with Crippen molar-refractivity contribution in [2.24, 2.45) is 4.99 Å². The Balaban J connectivity index is 1.46. The Morgan fingerprint density at radius 1 is 0.936 bits per heavy atom. The van der Waals surface area contributed by atoms with Gasteiger partial charge in [0, 0.05) is 10.0 Å². The first-order chi connectivity index (χ1) is 22.9. The molecule has 0 unspecified atom stereocenters. The van der Waals surface area contributed by atoms with Crippen LogP contribution in [0.2, 0.25) is 0 Å². The van der Waals surface area contributed by atoms with Gasteiger partial charge in [0.2, 0.25) is 0 Å². The second kappa shape index (κ2) is 14.2. The van der Waals surface area contributed by atoms with Crippen LogP contribution in [-0.4, -0.2) is 31.4 Å². The molecule has 0 amide bonds. The molecule has 0 spiro atoms. The molecule has 8 nitrogen and oxygen atoms in total. The molecule has 0 saturated carbocycles. The number of halogens is 1. The average molecular weight is 712 g/mol. The second-order valence-electron chi connectivity index (χ2n) is 10.5. The maximum atomic E-state index is 14.2. The van der Waals surface area contributed by atoms with E-state index in [1.165, 1.54) is 11.3 Å². The first kappa shape index (κ1) is 32.0. The van der Waals surface area contributed by atoms with Crippen LogP contribution in [0.4, 0.5) is 0 Å². The van der Waals surface area contributed by atoms with Crippen molar-refractivity contribution in [3.05, 3.63) is 149 Å². The largest absolute Gasteiger partial charge is 0.493 e. The number of ether oxygens (including phenoxy) is 4. The summed E-state index contributed by atoms with van der Waals surface area (Å²) in [5.41, 5.74) is 3.69. The monoisotopic (exact) mass is 710 g/mol. The number of carbonyl (C=O) groups excluding carboxylic acids is 1. The average Bonchev–Trinajstić information content (AvgIpc) is 3.41. The van der Waals surface area contributed by atoms with Crippen LogP contribution < -0.4 is 29.1 Å². The molecule has 5 aromatic rings. The van der Waals surface area contributed by atoms with Crippen molar-refractivity contribution in [1.82, 2.24) is 4.57 Å². The van der Waals surface area contributed by atoms with Gasteiger partial charge in [0.25, 0.3) is 5.56 Å². The normalized spacial score (nSPS) is 14.3. The Kier molecular flexibility index (Phi) is 9.70. The zero-order chi connectivity index (χ0) is 32.9. The molecule has 2 heterocycles. The first-order valence-corrected chi connectivity index (χ1v) is 16.5. The maximum Gasteiger partial charge on any atom is 0.338 e. The molecular weight excluding hydrogens is 680 g/mol. The molecule has 1 atom stereocenters. The molecule has 0 saturated heterocycles. The van der Waals surface area contributed by atoms with Crippen molar-refractivity contribution in [2.75, 3.05) is 20.8 Å². The highest BCUT2D eigenvalue weighted by Gasteiger charge is 2.35. The Labute approximate surface area is 284 Å². The number of esters is 1. The van der Waals surface area contributed by atoms with Gasteiger partial charge in [-0.15, -0.1) is 0 Å². The number of benzene rings is 4. The van der Waals surface area contributed by atoms with E-state index < -0.39 is 12.0 Å². The number of methoxy groups -OCH3 is 2. The van der Waals surface area contributed by atoms with E-state index in [4.69, 9.17) is 23.9 Å². The number of aromatic nitrogens is 1. The molecule has 10 heteroatoms. The predicted octanol–water partition coefficient (Wildman–Crippen LogP) is 6.29. The Morgan fingerprint density at radius 2 is 1.66 bits per heavy atom. The van der Waals surface area contributed by atoms with E-state index in [-0.39, 0.29) is 17.7 Å². The van der Waals surface area contributed by atoms with Gasteiger partial charge in [-0.25, -0.2) is 9.79 Å². The van der Waals surface area contributed by atoms with E-state index in [1.54, 1.807) is 37.8 Å². The lowest BCUT2D eigenvalue weighted by atomic mass is 9.93. The number of hydrogen-bond acceptors (Lipinski definition) is 8. The van der Waals surface area contributed by atoms with E-state index >= 15 is 0 Å². The summed E-state index contributed by atoms with van der Waals surface area (Å²) in [4.78, 5) is 33.3. The fourth-order valence-corrected chi connectivity index (χ4v) is 6.60. The lowest BCUT2D eigenvalue weighted by Crippen LogP contribution is -2.40. The van der Waals surface area contributed by atoms with Crippen LogP contribution in [0.5, 0.6) is 17.2 Å². The minimum Gasteiger partial charge on any atom is -0.493 e. The summed E-state index contributed by atoms with van der Waals surface area (Å²) in [7, 11) is 3.10. The van der Waals surface area contributed by atoms with Crippen LogP contribution in [0.15, 0.2) is 117 Å². The first-order valence-electron chi connectivity index (χ1n) is 14.9. The summed E-state index contributed by atoms with van der Waals surface area (Å²) >= 11 is 4.71. The van der Waals surface area contributed by atoms with Crippen molar-refractivity contribution in [3.63, 3.8) is 0 Å². The molecule has 0 N–H and O–H groups in total. The molecule has 1 aromatic heterocycles. The fraction of sp³-hybridized carbons (Fsp3) is 0.162. The van der Waals surface area contributed by atoms with Crippen molar-refractivity contribution in [1.29, 1.82) is 0 Å². The smallest absolute Gasteiger partial charge is 0.338 e. The summed E-state index contributed by atoms with van der Waals surface area (Å²) in [6.07, 6.45) is 1.82. The molecule has 47 heavy (non-hydrogen) atoms. The third-order valence-electron chi connectivity index (χ3n) is 7.59. The highest BCUT2D eigenvalue weighted by molar-refractivity contribution is 9.10. The van der Waals surface area contributed by atoms with Gasteiger partial charge in [0.15, 0.2) is 16.3 Å². The van der Waals surface area contributed by atoms with Gasteiger partial charge < -0.3 is 18.9 Å². The lowest BCUT2D eigenvalue weighted by molar-refractivity contribution is -0.138. The number of thiazole rings is 1. The van der Waals surface area contributed by atoms with Crippen LogP contribution in [0, 0.1) is 0 Å². The summed E-state index contributed by atoms with van der Waals surface area (Å²) in [6, 6.07) is 29.5. The van der Waals surface area contributed by atoms with Crippen molar-refractivity contribution < 1.29 is 23.7 Å². The number of nitrogens with zero attached hydrogens (tertiary/aromatic N) is 2. The van der Waals surface area contributed by atoms with Crippen LogP contribution in [0.1, 0.15) is 35.2 Å². The van der Waals surface area contributed by atoms with E-state index in [9.17, 15) is 9.59 Å². The SMILES string of the molecule is CCOC(=O)C1=C(c2ccccc2)N=c2s/c(=C\c3ccc(OCc4ccc(Br)cc4)cc3)c(=O)n2[C@@H]1c1ccc(OC)c(OC)c1. The Morgan fingerprint density at radius 3 is 2.34 bits per heavy atom.